The predicted octanol–water partition coefficient (Wildman–Crippen LogP) is -1.82. The zero-order valence-corrected chi connectivity index (χ0v) is 9.84. The lowest BCUT2D eigenvalue weighted by Gasteiger charge is -2.20. The first kappa shape index (κ1) is 16.0. The molecule has 0 aliphatic rings. The molecule has 0 heterocycles. The lowest BCUT2D eigenvalue weighted by Crippen LogP contribution is -2.37. The number of hydrogen-bond donors (Lipinski definition) is 5. The van der Waals surface area contributed by atoms with Gasteiger partial charge in [0.05, 0.1) is 13.1 Å². The van der Waals surface area contributed by atoms with Crippen LogP contribution in [0.2, 0.25) is 0 Å². The van der Waals surface area contributed by atoms with Gasteiger partial charge in [-0.1, -0.05) is 0 Å². The quantitative estimate of drug-likeness (QED) is 0.241. The van der Waals surface area contributed by atoms with E-state index in [1.807, 2.05) is 0 Å². The standard InChI is InChI=1S/C7H15N2O7P/c10-6(11)3-8-1-2-9(4-7(12)13)5-17(14,15)16/h8H,1-5H2,(H,10,11)(H,12,13)(H2,14,15,16). The Kier molecular flexibility index (Phi) is 6.93. The van der Waals surface area contributed by atoms with E-state index in [9.17, 15) is 14.2 Å². The van der Waals surface area contributed by atoms with Crippen LogP contribution in [0.1, 0.15) is 0 Å². The Morgan fingerprint density at radius 2 is 1.76 bits per heavy atom. The molecule has 0 bridgehead atoms. The topological polar surface area (TPSA) is 147 Å². The molecule has 5 N–H and O–H groups in total. The van der Waals surface area contributed by atoms with Gasteiger partial charge in [0.25, 0.3) is 0 Å². The third-order valence-electron chi connectivity index (χ3n) is 1.62. The summed E-state index contributed by atoms with van der Waals surface area (Å²) in [6, 6.07) is 0. The van der Waals surface area contributed by atoms with Gasteiger partial charge in [-0.05, 0) is 0 Å². The van der Waals surface area contributed by atoms with Gasteiger partial charge in [-0.15, -0.1) is 0 Å². The van der Waals surface area contributed by atoms with Crippen molar-refractivity contribution in [3.05, 3.63) is 0 Å². The van der Waals surface area contributed by atoms with Crippen molar-refractivity contribution in [2.45, 2.75) is 0 Å². The predicted molar refractivity (Wildman–Crippen MR) is 56.6 cm³/mol. The third kappa shape index (κ3) is 11.3. The molecule has 0 aromatic heterocycles. The fraction of sp³-hybridized carbons (Fsp3) is 0.714. The highest BCUT2D eigenvalue weighted by molar-refractivity contribution is 7.51. The summed E-state index contributed by atoms with van der Waals surface area (Å²) in [6.45, 7) is -0.652. The van der Waals surface area contributed by atoms with Crippen molar-refractivity contribution < 1.29 is 34.2 Å². The van der Waals surface area contributed by atoms with Crippen LogP contribution in [-0.4, -0.2) is 69.3 Å². The fourth-order valence-corrected chi connectivity index (χ4v) is 1.85. The van der Waals surface area contributed by atoms with Crippen molar-refractivity contribution in [3.63, 3.8) is 0 Å². The SMILES string of the molecule is O=C(O)CNCCN(CC(=O)O)CP(=O)(O)O. The molecule has 0 aliphatic carbocycles. The maximum atomic E-state index is 10.7. The van der Waals surface area contributed by atoms with Crippen LogP contribution in [0.15, 0.2) is 0 Å². The Bertz CT molecular complexity index is 315. The Labute approximate surface area is 97.2 Å². The first-order valence-electron chi connectivity index (χ1n) is 4.62. The van der Waals surface area contributed by atoms with Gasteiger partial charge in [0.15, 0.2) is 0 Å². The molecule has 0 atom stereocenters. The van der Waals surface area contributed by atoms with Gasteiger partial charge >= 0.3 is 19.5 Å². The zero-order valence-electron chi connectivity index (χ0n) is 8.94. The molecule has 0 aliphatic heterocycles. The fourth-order valence-electron chi connectivity index (χ4n) is 1.08. The van der Waals surface area contributed by atoms with Crippen molar-refractivity contribution in [1.29, 1.82) is 0 Å². The Balaban J connectivity index is 4.06. The summed E-state index contributed by atoms with van der Waals surface area (Å²) in [5, 5.41) is 19.3. The molecular formula is C7H15N2O7P. The van der Waals surface area contributed by atoms with Crippen molar-refractivity contribution in [2.75, 3.05) is 32.5 Å². The van der Waals surface area contributed by atoms with E-state index in [0.717, 1.165) is 4.90 Å². The number of nitrogens with zero attached hydrogens (tertiary/aromatic N) is 1. The van der Waals surface area contributed by atoms with Crippen molar-refractivity contribution >= 4 is 19.5 Å². The average Bonchev–Trinajstić information content (AvgIpc) is 2.08. The highest BCUT2D eigenvalue weighted by Gasteiger charge is 2.20. The number of carbonyl (C=O) groups is 2. The van der Waals surface area contributed by atoms with Gasteiger partial charge < -0.3 is 25.3 Å². The lowest BCUT2D eigenvalue weighted by atomic mass is 10.5. The number of nitrogens with one attached hydrogen (secondary N) is 1. The molecule has 17 heavy (non-hydrogen) atoms. The average molecular weight is 270 g/mol. The van der Waals surface area contributed by atoms with Gasteiger partial charge in [-0.3, -0.25) is 19.1 Å². The molecule has 10 heteroatoms. The summed E-state index contributed by atoms with van der Waals surface area (Å²) in [6.07, 6.45) is -0.673. The minimum absolute atomic E-state index is 0.0324. The maximum absolute atomic E-state index is 10.7. The highest BCUT2D eigenvalue weighted by Crippen LogP contribution is 2.34. The van der Waals surface area contributed by atoms with E-state index < -0.39 is 32.4 Å². The Morgan fingerprint density at radius 1 is 1.18 bits per heavy atom. The molecule has 0 aromatic rings. The van der Waals surface area contributed by atoms with Gasteiger partial charge in [0.1, 0.15) is 6.29 Å². The van der Waals surface area contributed by atoms with Crippen LogP contribution in [0.5, 0.6) is 0 Å². The summed E-state index contributed by atoms with van der Waals surface area (Å²) in [7, 11) is -4.33. The Morgan fingerprint density at radius 3 is 2.18 bits per heavy atom. The third-order valence-corrected chi connectivity index (χ3v) is 2.39. The molecule has 0 aromatic carbocycles. The second-order valence-corrected chi connectivity index (χ2v) is 4.94. The molecular weight excluding hydrogens is 255 g/mol. The largest absolute Gasteiger partial charge is 0.480 e. The summed E-state index contributed by atoms with van der Waals surface area (Å²) >= 11 is 0. The molecule has 0 saturated carbocycles. The Hall–Kier alpha value is -0.990. The normalized spacial score (nSPS) is 11.7. The molecule has 9 nitrogen and oxygen atoms in total. The van der Waals surface area contributed by atoms with Crippen LogP contribution in [0.25, 0.3) is 0 Å². The van der Waals surface area contributed by atoms with Crippen LogP contribution in [0.4, 0.5) is 0 Å². The summed E-state index contributed by atoms with van der Waals surface area (Å²) in [5.74, 6) is -2.28. The van der Waals surface area contributed by atoms with Crippen molar-refractivity contribution in [1.82, 2.24) is 10.2 Å². The van der Waals surface area contributed by atoms with Crippen LogP contribution < -0.4 is 5.32 Å². The number of hydrogen-bond acceptors (Lipinski definition) is 5. The van der Waals surface area contributed by atoms with Crippen molar-refractivity contribution in [3.8, 4) is 0 Å². The van der Waals surface area contributed by atoms with Gasteiger partial charge in [-0.2, -0.15) is 0 Å². The van der Waals surface area contributed by atoms with Crippen LogP contribution >= 0.6 is 7.60 Å². The van der Waals surface area contributed by atoms with E-state index >= 15 is 0 Å². The van der Waals surface area contributed by atoms with E-state index in [-0.39, 0.29) is 19.6 Å². The summed E-state index contributed by atoms with van der Waals surface area (Å²) in [5.41, 5.74) is 0. The summed E-state index contributed by atoms with van der Waals surface area (Å²) < 4.78 is 10.7. The molecule has 0 spiro atoms. The van der Waals surface area contributed by atoms with Gasteiger partial charge in [0.2, 0.25) is 0 Å². The molecule has 0 fully saturated rings. The number of rotatable bonds is 9. The van der Waals surface area contributed by atoms with Crippen LogP contribution in [0, 0.1) is 0 Å². The van der Waals surface area contributed by atoms with E-state index in [0.29, 0.717) is 0 Å². The smallest absolute Gasteiger partial charge is 0.339 e. The number of aliphatic carboxylic acids is 2. The van der Waals surface area contributed by atoms with E-state index in [2.05, 4.69) is 5.32 Å². The van der Waals surface area contributed by atoms with Gasteiger partial charge in [-0.25, -0.2) is 0 Å². The van der Waals surface area contributed by atoms with E-state index in [1.54, 1.807) is 0 Å². The maximum Gasteiger partial charge on any atom is 0.339 e. The molecule has 0 radical (unpaired) electrons. The highest BCUT2D eigenvalue weighted by atomic mass is 31.2. The summed E-state index contributed by atoms with van der Waals surface area (Å²) in [4.78, 5) is 39.0. The lowest BCUT2D eigenvalue weighted by molar-refractivity contribution is -0.138. The van der Waals surface area contributed by atoms with Crippen molar-refractivity contribution in [2.24, 2.45) is 0 Å². The minimum Gasteiger partial charge on any atom is -0.480 e. The number of carboxylic acid groups (broad SMARTS) is 2. The van der Waals surface area contributed by atoms with E-state index in [1.165, 1.54) is 0 Å². The monoisotopic (exact) mass is 270 g/mol. The van der Waals surface area contributed by atoms with Gasteiger partial charge in [0, 0.05) is 13.1 Å². The van der Waals surface area contributed by atoms with Crippen LogP contribution in [-0.2, 0) is 14.2 Å². The molecule has 0 amide bonds. The molecule has 100 valence electrons. The van der Waals surface area contributed by atoms with Crippen LogP contribution in [0.3, 0.4) is 0 Å². The zero-order chi connectivity index (χ0) is 13.5. The molecule has 0 saturated heterocycles. The first-order valence-corrected chi connectivity index (χ1v) is 6.41. The second kappa shape index (κ2) is 7.36. The molecule has 0 rings (SSSR count). The van der Waals surface area contributed by atoms with E-state index in [4.69, 9.17) is 20.0 Å². The number of carboxylic acids is 2. The minimum atomic E-state index is -4.33. The first-order chi connectivity index (χ1) is 7.70. The molecule has 0 unspecified atom stereocenters. The second-order valence-electron chi connectivity index (χ2n) is 3.32.